The lowest BCUT2D eigenvalue weighted by Crippen LogP contribution is -2.31. The summed E-state index contributed by atoms with van der Waals surface area (Å²) in [7, 11) is 0. The number of aliphatic hydroxyl groups is 2. The molecule has 0 spiro atoms. The number of carbonyl (C=O) groups is 1. The maximum atomic E-state index is 11.4. The number of primary amides is 1. The van der Waals surface area contributed by atoms with Crippen molar-refractivity contribution >= 4 is 73.7 Å². The van der Waals surface area contributed by atoms with Crippen LogP contribution < -0.4 is 5.73 Å². The summed E-state index contributed by atoms with van der Waals surface area (Å²) in [5, 5.41) is 19.4. The molecule has 0 aromatic heterocycles. The van der Waals surface area contributed by atoms with E-state index in [0.717, 1.165) is 10.7 Å². The molecule has 0 aliphatic rings. The molecule has 1 atom stereocenters. The first kappa shape index (κ1) is 15.9. The molecular weight excluding hydrogens is 563 g/mol. The highest BCUT2D eigenvalue weighted by Crippen LogP contribution is 2.34. The normalized spacial score (nSPS) is 14.5. The number of rotatable bonds is 3. The summed E-state index contributed by atoms with van der Waals surface area (Å²) in [6, 6.07) is 1.63. The van der Waals surface area contributed by atoms with Gasteiger partial charge in [-0.3, -0.25) is 4.79 Å². The van der Waals surface area contributed by atoms with Crippen LogP contribution in [0.2, 0.25) is 0 Å². The number of aliphatic hydroxyl groups excluding tert-OH is 1. The first-order chi connectivity index (χ1) is 7.72. The molecule has 0 fully saturated rings. The third-order valence-electron chi connectivity index (χ3n) is 2.27. The smallest absolute Gasteiger partial charge is 0.249 e. The van der Waals surface area contributed by atoms with E-state index in [9.17, 15) is 15.0 Å². The molecule has 0 aliphatic heterocycles. The number of benzene rings is 1. The zero-order valence-electron chi connectivity index (χ0n) is 8.80. The molecule has 1 unspecified atom stereocenters. The summed E-state index contributed by atoms with van der Waals surface area (Å²) in [4.78, 5) is 11.4. The van der Waals surface area contributed by atoms with Crippen molar-refractivity contribution in [2.24, 2.45) is 5.73 Å². The van der Waals surface area contributed by atoms with E-state index >= 15 is 0 Å². The molecule has 1 aromatic rings. The summed E-state index contributed by atoms with van der Waals surface area (Å²) >= 11 is 6.28. The van der Waals surface area contributed by atoms with E-state index in [2.05, 4.69) is 45.2 Å². The van der Waals surface area contributed by atoms with Gasteiger partial charge in [0.25, 0.3) is 0 Å². The average Bonchev–Trinajstić information content (AvgIpc) is 2.24. The number of hydrogen-bond acceptors (Lipinski definition) is 3. The van der Waals surface area contributed by atoms with Crippen LogP contribution in [0.4, 0.5) is 0 Å². The van der Waals surface area contributed by atoms with E-state index in [4.69, 9.17) is 5.73 Å². The molecule has 1 amide bonds. The molecule has 17 heavy (non-hydrogen) atoms. The predicted molar refractivity (Wildman–Crippen MR) is 89.8 cm³/mol. The van der Waals surface area contributed by atoms with Gasteiger partial charge < -0.3 is 15.9 Å². The van der Waals surface area contributed by atoms with Crippen molar-refractivity contribution in [3.8, 4) is 0 Å². The van der Waals surface area contributed by atoms with Crippen LogP contribution in [0.1, 0.15) is 22.8 Å². The second kappa shape index (κ2) is 5.84. The lowest BCUT2D eigenvalue weighted by molar-refractivity contribution is -0.00363. The summed E-state index contributed by atoms with van der Waals surface area (Å²) in [5.74, 6) is -0.610. The number of carbonyl (C=O) groups excluding carboxylic acids is 1. The predicted octanol–water partition coefficient (Wildman–Crippen LogP) is 1.80. The Morgan fingerprint density at radius 3 is 2.35 bits per heavy atom. The van der Waals surface area contributed by atoms with E-state index in [1.54, 1.807) is 6.07 Å². The van der Waals surface area contributed by atoms with Crippen molar-refractivity contribution < 1.29 is 15.0 Å². The van der Waals surface area contributed by atoms with Crippen molar-refractivity contribution in [1.82, 2.24) is 0 Å². The minimum Gasteiger partial charge on any atom is -0.393 e. The Morgan fingerprint density at radius 2 is 1.94 bits per heavy atom. The molecule has 0 radical (unpaired) electrons. The summed E-state index contributed by atoms with van der Waals surface area (Å²) in [6.07, 6.45) is 0. The second-order valence-corrected chi connectivity index (χ2v) is 7.02. The van der Waals surface area contributed by atoms with Crippen LogP contribution in [-0.2, 0) is 5.60 Å². The van der Waals surface area contributed by atoms with Crippen molar-refractivity contribution in [2.75, 3.05) is 6.61 Å². The highest BCUT2D eigenvalue weighted by molar-refractivity contribution is 14.1. The third-order valence-corrected chi connectivity index (χ3v) is 7.39. The van der Waals surface area contributed by atoms with Crippen LogP contribution in [-0.4, -0.2) is 22.7 Å². The molecule has 0 saturated carbocycles. The molecular formula is C10H10I3NO3. The van der Waals surface area contributed by atoms with E-state index in [0.29, 0.717) is 5.56 Å². The molecule has 0 bridgehead atoms. The minimum atomic E-state index is -1.48. The van der Waals surface area contributed by atoms with Gasteiger partial charge in [-0.25, -0.2) is 0 Å². The highest BCUT2D eigenvalue weighted by atomic mass is 127. The van der Waals surface area contributed by atoms with Gasteiger partial charge in [0, 0.05) is 21.8 Å². The lowest BCUT2D eigenvalue weighted by Gasteiger charge is -2.25. The van der Waals surface area contributed by atoms with Gasteiger partial charge in [-0.1, -0.05) is 0 Å². The third kappa shape index (κ3) is 3.22. The fourth-order valence-electron chi connectivity index (χ4n) is 1.40. The van der Waals surface area contributed by atoms with Crippen molar-refractivity contribution in [3.63, 3.8) is 0 Å². The quantitative estimate of drug-likeness (QED) is 0.382. The molecule has 7 heteroatoms. The Labute approximate surface area is 140 Å². The Hall–Kier alpha value is 0.800. The van der Waals surface area contributed by atoms with Crippen LogP contribution in [0.5, 0.6) is 0 Å². The van der Waals surface area contributed by atoms with Crippen molar-refractivity contribution in [1.29, 1.82) is 0 Å². The van der Waals surface area contributed by atoms with Gasteiger partial charge in [0.2, 0.25) is 5.91 Å². The Bertz CT molecular complexity index is 474. The standard InChI is InChI=1S/C10H10I3NO3/c1-10(17,3-15)6-4(9(14)16)2-5(11)7(12)8(6)13/h2,15,17H,3H2,1H3,(H2,14,16). The Morgan fingerprint density at radius 1 is 1.41 bits per heavy atom. The minimum absolute atomic E-state index is 0.248. The van der Waals surface area contributed by atoms with Crippen molar-refractivity contribution in [3.05, 3.63) is 27.9 Å². The van der Waals surface area contributed by atoms with Gasteiger partial charge in [-0.05, 0) is 80.8 Å². The van der Waals surface area contributed by atoms with E-state index in [1.165, 1.54) is 6.92 Å². The molecule has 0 aliphatic carbocycles. The number of amides is 1. The van der Waals surface area contributed by atoms with E-state index in [1.807, 2.05) is 22.6 Å². The summed E-state index contributed by atoms with van der Waals surface area (Å²) in [6.45, 7) is 0.986. The fourth-order valence-corrected chi connectivity index (χ4v) is 4.08. The lowest BCUT2D eigenvalue weighted by atomic mass is 9.92. The topological polar surface area (TPSA) is 83.6 Å². The monoisotopic (exact) mass is 573 g/mol. The van der Waals surface area contributed by atoms with Crippen LogP contribution in [0.3, 0.4) is 0 Å². The van der Waals surface area contributed by atoms with Gasteiger partial charge in [0.1, 0.15) is 5.60 Å². The first-order valence-corrected chi connectivity index (χ1v) is 7.77. The van der Waals surface area contributed by atoms with E-state index < -0.39 is 18.1 Å². The van der Waals surface area contributed by atoms with Crippen LogP contribution in [0.25, 0.3) is 0 Å². The number of halogens is 3. The van der Waals surface area contributed by atoms with Crippen LogP contribution >= 0.6 is 67.8 Å². The largest absolute Gasteiger partial charge is 0.393 e. The molecule has 94 valence electrons. The van der Waals surface area contributed by atoms with Gasteiger partial charge in [-0.15, -0.1) is 0 Å². The summed E-state index contributed by atoms with van der Waals surface area (Å²) in [5.41, 5.74) is 4.47. The van der Waals surface area contributed by atoms with Gasteiger partial charge in [0.15, 0.2) is 0 Å². The maximum Gasteiger partial charge on any atom is 0.249 e. The fraction of sp³-hybridized carbons (Fsp3) is 0.300. The second-order valence-electron chi connectivity index (χ2n) is 3.71. The molecule has 0 saturated heterocycles. The van der Waals surface area contributed by atoms with Gasteiger partial charge >= 0.3 is 0 Å². The van der Waals surface area contributed by atoms with Crippen LogP contribution in [0, 0.1) is 10.7 Å². The van der Waals surface area contributed by atoms with Gasteiger partial charge in [-0.2, -0.15) is 0 Å². The van der Waals surface area contributed by atoms with Gasteiger partial charge in [0.05, 0.1) is 6.61 Å². The zero-order chi connectivity index (χ0) is 13.4. The molecule has 4 N–H and O–H groups in total. The summed E-state index contributed by atoms with van der Waals surface area (Å²) < 4.78 is 2.55. The SMILES string of the molecule is CC(O)(CO)c1c(C(N)=O)cc(I)c(I)c1I. The highest BCUT2D eigenvalue weighted by Gasteiger charge is 2.31. The number of nitrogens with two attached hydrogens (primary N) is 1. The molecule has 0 heterocycles. The van der Waals surface area contributed by atoms with Crippen LogP contribution in [0.15, 0.2) is 6.07 Å². The molecule has 1 rings (SSSR count). The Kier molecular flexibility index (Phi) is 5.45. The van der Waals surface area contributed by atoms with E-state index in [-0.39, 0.29) is 5.56 Å². The van der Waals surface area contributed by atoms with Crippen molar-refractivity contribution in [2.45, 2.75) is 12.5 Å². The number of hydrogen-bond donors (Lipinski definition) is 3. The first-order valence-electron chi connectivity index (χ1n) is 4.53. The molecule has 4 nitrogen and oxygen atoms in total. The average molecular weight is 573 g/mol. The maximum absolute atomic E-state index is 11.4. The zero-order valence-corrected chi connectivity index (χ0v) is 15.3. The molecule has 1 aromatic carbocycles. The Balaban J connectivity index is 3.67.